The second kappa shape index (κ2) is 41.9. The summed E-state index contributed by atoms with van der Waals surface area (Å²) in [5.74, 6) is -5.17. The number of imide groups is 1. The van der Waals surface area contributed by atoms with Gasteiger partial charge in [0.15, 0.2) is 0 Å². The number of amides is 12. The van der Waals surface area contributed by atoms with E-state index in [0.717, 1.165) is 11.1 Å². The van der Waals surface area contributed by atoms with Crippen LogP contribution in [0.3, 0.4) is 0 Å². The van der Waals surface area contributed by atoms with Crippen molar-refractivity contribution < 1.29 is 76.5 Å². The molecule has 2 heterocycles. The number of nitrogens with two attached hydrogens (primary N) is 1. The lowest BCUT2D eigenvalue weighted by atomic mass is 9.90. The average molecular weight is 1440 g/mol. The number of carbonyl (C=O) groups excluding carboxylic acids is 12. The summed E-state index contributed by atoms with van der Waals surface area (Å²) < 4.78 is 22.7. The zero-order chi connectivity index (χ0) is 76.2. The number of hydrogen-bond acceptors (Lipinski definition) is 17. The highest BCUT2D eigenvalue weighted by atomic mass is 16.6. The zero-order valence-corrected chi connectivity index (χ0v) is 62.6. The first-order chi connectivity index (χ1) is 48.9. The minimum atomic E-state index is -1.07. The molecule has 2 aliphatic rings. The van der Waals surface area contributed by atoms with Crippen molar-refractivity contribution in [2.45, 2.75) is 200 Å². The van der Waals surface area contributed by atoms with Gasteiger partial charge in [0.25, 0.3) is 0 Å². The molecular formula is C75H112N12O16. The molecule has 28 nitrogen and oxygen atoms in total. The molecule has 0 saturated carbocycles. The topological polar surface area (TPSA) is 356 Å². The lowest BCUT2D eigenvalue weighted by Gasteiger charge is -2.40. The van der Waals surface area contributed by atoms with Crippen molar-refractivity contribution in [1.29, 1.82) is 0 Å². The molecule has 0 aliphatic carbocycles. The van der Waals surface area contributed by atoms with E-state index in [-0.39, 0.29) is 105 Å². The van der Waals surface area contributed by atoms with Gasteiger partial charge in [-0.3, -0.25) is 57.9 Å². The van der Waals surface area contributed by atoms with E-state index in [4.69, 9.17) is 24.7 Å². The predicted octanol–water partition coefficient (Wildman–Crippen LogP) is 5.62. The van der Waals surface area contributed by atoms with Crippen molar-refractivity contribution in [2.75, 3.05) is 78.9 Å². The van der Waals surface area contributed by atoms with Gasteiger partial charge in [-0.2, -0.15) is 0 Å². The van der Waals surface area contributed by atoms with Crippen LogP contribution < -0.4 is 42.5 Å². The van der Waals surface area contributed by atoms with Crippen LogP contribution in [0.1, 0.15) is 143 Å². The van der Waals surface area contributed by atoms with Gasteiger partial charge in [-0.1, -0.05) is 109 Å². The number of ether oxygens (including phenoxy) is 4. The van der Waals surface area contributed by atoms with E-state index in [1.54, 1.807) is 81.1 Å². The number of primary amides is 1. The zero-order valence-electron chi connectivity index (χ0n) is 62.6. The maximum Gasteiger partial charge on any atom is 0.414 e. The Hall–Kier alpha value is -9.02. The summed E-state index contributed by atoms with van der Waals surface area (Å²) in [5, 5.41) is 16.4. The largest absolute Gasteiger partial charge is 0.467 e. The summed E-state index contributed by atoms with van der Waals surface area (Å²) in [6.45, 7) is 15.7. The molecule has 2 saturated heterocycles. The molecule has 568 valence electrons. The highest BCUT2D eigenvalue weighted by Gasteiger charge is 2.44. The summed E-state index contributed by atoms with van der Waals surface area (Å²) in [7, 11) is 9.40. The maximum absolute atomic E-state index is 14.5. The van der Waals surface area contributed by atoms with Gasteiger partial charge in [-0.15, -0.1) is 0 Å². The number of methoxy groups -OCH3 is 3. The van der Waals surface area contributed by atoms with Crippen LogP contribution in [0.4, 0.5) is 21.0 Å². The molecule has 8 N–H and O–H groups in total. The first-order valence-corrected chi connectivity index (χ1v) is 35.9. The van der Waals surface area contributed by atoms with Gasteiger partial charge in [0.1, 0.15) is 30.8 Å². The molecule has 0 bridgehead atoms. The normalized spacial score (nSPS) is 17.3. The number of likely N-dealkylation sites (tertiary alicyclic amines) is 2. The van der Waals surface area contributed by atoms with E-state index >= 15 is 0 Å². The smallest absolute Gasteiger partial charge is 0.414 e. The molecule has 0 aromatic heterocycles. The van der Waals surface area contributed by atoms with Gasteiger partial charge in [-0.25, -0.2) is 14.4 Å². The van der Waals surface area contributed by atoms with Crippen LogP contribution in [0.2, 0.25) is 0 Å². The van der Waals surface area contributed by atoms with Crippen LogP contribution in [-0.2, 0) is 86.3 Å². The fourth-order valence-corrected chi connectivity index (χ4v) is 13.3. The Morgan fingerprint density at radius 1 is 0.709 bits per heavy atom. The molecular weight excluding hydrogens is 1320 g/mol. The Bertz CT molecular complexity index is 3320. The quantitative estimate of drug-likeness (QED) is 0.0206. The highest BCUT2D eigenvalue weighted by molar-refractivity contribution is 6.03. The van der Waals surface area contributed by atoms with Gasteiger partial charge in [-0.05, 0) is 119 Å². The molecule has 5 rings (SSSR count). The summed E-state index contributed by atoms with van der Waals surface area (Å²) in [6.07, 6.45) is 2.89. The lowest BCUT2D eigenvalue weighted by Crippen LogP contribution is -2.58. The minimum absolute atomic E-state index is 0.0669. The van der Waals surface area contributed by atoms with Crippen molar-refractivity contribution in [1.82, 2.24) is 46.2 Å². The molecule has 12 atom stereocenters. The first kappa shape index (κ1) is 84.6. The minimum Gasteiger partial charge on any atom is -0.467 e. The van der Waals surface area contributed by atoms with Crippen LogP contribution in [0.5, 0.6) is 0 Å². The fraction of sp³-hybridized carbons (Fsp3) is 0.600. The van der Waals surface area contributed by atoms with Crippen molar-refractivity contribution in [3.05, 3.63) is 95.6 Å². The molecule has 0 radical (unpaired) electrons. The second-order valence-electron chi connectivity index (χ2n) is 27.6. The molecule has 3 aromatic carbocycles. The Morgan fingerprint density at radius 3 is 1.97 bits per heavy atom. The highest BCUT2D eigenvalue weighted by Crippen LogP contribution is 2.30. The van der Waals surface area contributed by atoms with E-state index in [2.05, 4.69) is 31.9 Å². The van der Waals surface area contributed by atoms with Crippen LogP contribution in [0, 0.1) is 23.7 Å². The Balaban J connectivity index is 1.09. The van der Waals surface area contributed by atoms with Crippen molar-refractivity contribution >= 4 is 82.6 Å². The van der Waals surface area contributed by atoms with Crippen molar-refractivity contribution in [2.24, 2.45) is 29.4 Å². The number of anilines is 2. The molecule has 0 spiro atoms. The Kier molecular flexibility index (Phi) is 34.4. The summed E-state index contributed by atoms with van der Waals surface area (Å²) >= 11 is 0. The monoisotopic (exact) mass is 1440 g/mol. The number of likely N-dealkylation sites (N-methyl/N-ethyl adjacent to an activating group) is 2. The number of nitrogens with one attached hydrogen (secondary N) is 6. The third kappa shape index (κ3) is 25.4. The number of rotatable bonds is 41. The predicted molar refractivity (Wildman–Crippen MR) is 388 cm³/mol. The van der Waals surface area contributed by atoms with Crippen LogP contribution in [-0.4, -0.2) is 214 Å². The molecule has 2 aliphatic heterocycles. The number of carbonyl (C=O) groups is 12. The van der Waals surface area contributed by atoms with Crippen LogP contribution in [0.15, 0.2) is 78.9 Å². The lowest BCUT2D eigenvalue weighted by molar-refractivity contribution is -0.148. The van der Waals surface area contributed by atoms with E-state index in [1.165, 1.54) is 38.1 Å². The number of hydrogen-bond donors (Lipinski definition) is 7. The van der Waals surface area contributed by atoms with E-state index in [1.807, 2.05) is 82.1 Å². The maximum atomic E-state index is 14.5. The fourth-order valence-electron chi connectivity index (χ4n) is 13.3. The number of unbranched alkanes of at least 4 members (excludes halogenated alkanes) is 2. The Morgan fingerprint density at radius 2 is 1.37 bits per heavy atom. The van der Waals surface area contributed by atoms with Gasteiger partial charge < -0.3 is 66.4 Å². The Labute approximate surface area is 606 Å². The third-order valence-electron chi connectivity index (χ3n) is 19.5. The third-order valence-corrected chi connectivity index (χ3v) is 19.5. The molecule has 2 fully saturated rings. The van der Waals surface area contributed by atoms with Crippen molar-refractivity contribution in [3.8, 4) is 0 Å². The van der Waals surface area contributed by atoms with E-state index in [9.17, 15) is 57.5 Å². The number of nitrogens with zero attached hydrogens (tertiary/aromatic N) is 5. The molecule has 103 heavy (non-hydrogen) atoms. The van der Waals surface area contributed by atoms with Crippen molar-refractivity contribution in [3.63, 3.8) is 0 Å². The second-order valence-corrected chi connectivity index (χ2v) is 27.6. The number of esters is 1. The van der Waals surface area contributed by atoms with Gasteiger partial charge in [0.2, 0.25) is 53.2 Å². The number of urea groups is 1. The van der Waals surface area contributed by atoms with Gasteiger partial charge in [0, 0.05) is 91.0 Å². The molecule has 12 amide bonds. The summed E-state index contributed by atoms with van der Waals surface area (Å²) in [6, 6.07) is 16.9. The van der Waals surface area contributed by atoms with E-state index in [0.29, 0.717) is 81.5 Å². The summed E-state index contributed by atoms with van der Waals surface area (Å²) in [4.78, 5) is 166. The molecule has 28 heteroatoms. The summed E-state index contributed by atoms with van der Waals surface area (Å²) in [5.41, 5.74) is 8.57. The van der Waals surface area contributed by atoms with Crippen LogP contribution in [0.25, 0.3) is 0 Å². The van der Waals surface area contributed by atoms with Gasteiger partial charge in [0.05, 0.1) is 49.8 Å². The molecule has 1 unspecified atom stereocenters. The van der Waals surface area contributed by atoms with Gasteiger partial charge >= 0.3 is 18.1 Å². The average Bonchev–Trinajstić information content (AvgIpc) is 1.61. The number of benzene rings is 3. The van der Waals surface area contributed by atoms with E-state index < -0.39 is 96.2 Å². The standard InChI is InChI=1S/C75H112N12O16/c1-15-47(4)65(60(100-12)44-63(90)86-40-23-27-59(86)66(101-13)49(6)67(91)82-58(73(97)102-14)43-53-24-18-16-19-25-53)85(11)72(96)51(8)79-70(94)64(46(2)3)83(9)41-37-52-31-35-56(36-32-52)84(10)75(99)103-45-54-29-33-55(34-30-54)80-69(93)57(26-22-38-77-74(76)98)81-68(92)50(7)78-61(88)28-20-17-21-39-87-62(89)42-48(5)71(87)95/h16,18-19,24-25,29-36,46-51,57-60,64-66H,15,17,20-23,26-28,37-45H2,1-14H3,(H,78,88)(H,79,94)(H,80,93)(H,81,92)(H,82,91)(H3,76,77,98)/t47-,48?,49+,50-,51-,57-,58-,59-,60+,64-,65-,66+/m0/s1. The SMILES string of the molecule is CC[C@H](C)[C@@H]([C@@H](CC(=O)N1CCC[C@H]1[C@H](OC)[C@@H](C)C(=O)N[C@@H](Cc1ccccc1)C(=O)OC)OC)N(C)C(=O)[C@H](C)NC(=O)[C@H](C(C)C)N(C)CCc1ccc(N(C)C(=O)OCc2ccc(NC(=O)[C@H](CCCNC(N)=O)NC(=O)[C@H](C)NC(=O)CCCCCN3C(=O)CC(C)C3=O)cc2)cc1. The van der Waals surface area contributed by atoms with Crippen LogP contribution >= 0.6 is 0 Å². The molecule has 3 aromatic rings. The first-order valence-electron chi connectivity index (χ1n) is 35.9.